The Balaban J connectivity index is 2.55. The maximum Gasteiger partial charge on any atom is 0.127 e. The van der Waals surface area contributed by atoms with Crippen LogP contribution in [0.2, 0.25) is 0 Å². The van der Waals surface area contributed by atoms with Crippen LogP contribution in [0, 0.1) is 18.2 Å². The third kappa shape index (κ3) is 1.31. The van der Waals surface area contributed by atoms with Crippen molar-refractivity contribution in [3.8, 4) is 0 Å². The molecule has 2 heteroatoms. The molecule has 1 atom stereocenters. The van der Waals surface area contributed by atoms with Crippen LogP contribution in [0.1, 0.15) is 31.4 Å². The minimum atomic E-state index is -0.136. The van der Waals surface area contributed by atoms with Crippen molar-refractivity contribution in [1.29, 1.82) is 0 Å². The van der Waals surface area contributed by atoms with Gasteiger partial charge in [-0.25, -0.2) is 4.39 Å². The molecule has 15 heavy (non-hydrogen) atoms. The van der Waals surface area contributed by atoms with Crippen LogP contribution in [-0.2, 0) is 5.41 Å². The number of hydrogen-bond acceptors (Lipinski definition) is 1. The number of halogens is 1. The Morgan fingerprint density at radius 2 is 2.00 bits per heavy atom. The van der Waals surface area contributed by atoms with Crippen LogP contribution in [0.5, 0.6) is 0 Å². The van der Waals surface area contributed by atoms with Crippen LogP contribution in [-0.4, -0.2) is 6.54 Å². The zero-order valence-corrected chi connectivity index (χ0v) is 9.60. The quantitative estimate of drug-likeness (QED) is 0.793. The molecular weight excluding hydrogens is 189 g/mol. The molecular formula is C13H18FN. The van der Waals surface area contributed by atoms with Crippen molar-refractivity contribution in [3.63, 3.8) is 0 Å². The smallest absolute Gasteiger partial charge is 0.127 e. The van der Waals surface area contributed by atoms with Crippen LogP contribution in [0.3, 0.4) is 0 Å². The van der Waals surface area contributed by atoms with Gasteiger partial charge in [0.15, 0.2) is 0 Å². The van der Waals surface area contributed by atoms with Crippen molar-refractivity contribution >= 4 is 0 Å². The monoisotopic (exact) mass is 207 g/mol. The first-order chi connectivity index (χ1) is 6.94. The average Bonchev–Trinajstić information content (AvgIpc) is 2.69. The first-order valence-corrected chi connectivity index (χ1v) is 5.40. The van der Waals surface area contributed by atoms with E-state index < -0.39 is 0 Å². The number of rotatable bonds is 2. The predicted molar refractivity (Wildman–Crippen MR) is 60.3 cm³/mol. The van der Waals surface area contributed by atoms with Gasteiger partial charge in [0.2, 0.25) is 0 Å². The Morgan fingerprint density at radius 1 is 1.40 bits per heavy atom. The van der Waals surface area contributed by atoms with Gasteiger partial charge in [0.05, 0.1) is 0 Å². The molecule has 1 saturated carbocycles. The highest BCUT2D eigenvalue weighted by Gasteiger charge is 2.62. The van der Waals surface area contributed by atoms with Crippen molar-refractivity contribution < 1.29 is 4.39 Å². The molecule has 0 heterocycles. The lowest BCUT2D eigenvalue weighted by molar-refractivity contribution is 0.475. The molecule has 0 amide bonds. The molecule has 82 valence electrons. The second kappa shape index (κ2) is 3.05. The highest BCUT2D eigenvalue weighted by molar-refractivity contribution is 5.43. The van der Waals surface area contributed by atoms with E-state index in [9.17, 15) is 4.39 Å². The summed E-state index contributed by atoms with van der Waals surface area (Å²) in [6, 6.07) is 5.26. The Morgan fingerprint density at radius 3 is 2.40 bits per heavy atom. The molecule has 0 saturated heterocycles. The lowest BCUT2D eigenvalue weighted by Gasteiger charge is -2.21. The van der Waals surface area contributed by atoms with Gasteiger partial charge in [-0.15, -0.1) is 0 Å². The number of nitrogens with two attached hydrogens (primary N) is 1. The van der Waals surface area contributed by atoms with Gasteiger partial charge in [-0.05, 0) is 36.0 Å². The molecule has 1 aromatic carbocycles. The van der Waals surface area contributed by atoms with E-state index >= 15 is 0 Å². The van der Waals surface area contributed by atoms with Crippen LogP contribution in [0.15, 0.2) is 18.2 Å². The third-order valence-corrected chi connectivity index (χ3v) is 3.96. The van der Waals surface area contributed by atoms with Crippen LogP contribution >= 0.6 is 0 Å². The Hall–Kier alpha value is -0.890. The van der Waals surface area contributed by atoms with E-state index in [1.807, 2.05) is 13.0 Å². The van der Waals surface area contributed by atoms with E-state index in [1.165, 1.54) is 6.07 Å². The second-order valence-corrected chi connectivity index (χ2v) is 5.28. The molecule has 0 aliphatic heterocycles. The summed E-state index contributed by atoms with van der Waals surface area (Å²) < 4.78 is 13.9. The van der Waals surface area contributed by atoms with Crippen molar-refractivity contribution in [2.24, 2.45) is 11.1 Å². The fraction of sp³-hybridized carbons (Fsp3) is 0.538. The van der Waals surface area contributed by atoms with Gasteiger partial charge in [-0.1, -0.05) is 26.0 Å². The van der Waals surface area contributed by atoms with Gasteiger partial charge in [0.1, 0.15) is 5.82 Å². The van der Waals surface area contributed by atoms with Gasteiger partial charge in [0.25, 0.3) is 0 Å². The van der Waals surface area contributed by atoms with E-state index in [2.05, 4.69) is 13.8 Å². The Kier molecular flexibility index (Phi) is 2.16. The van der Waals surface area contributed by atoms with Crippen LogP contribution < -0.4 is 5.73 Å². The zero-order chi connectivity index (χ0) is 11.3. The Labute approximate surface area is 90.5 Å². The molecule has 1 unspecified atom stereocenters. The fourth-order valence-electron chi connectivity index (χ4n) is 2.83. The maximum atomic E-state index is 13.9. The molecule has 1 nitrogen and oxygen atoms in total. The van der Waals surface area contributed by atoms with Crippen molar-refractivity contribution in [3.05, 3.63) is 35.1 Å². The molecule has 1 aromatic rings. The third-order valence-electron chi connectivity index (χ3n) is 3.96. The van der Waals surface area contributed by atoms with E-state index in [0.717, 1.165) is 17.5 Å². The minimum Gasteiger partial charge on any atom is -0.330 e. The maximum absolute atomic E-state index is 13.9. The van der Waals surface area contributed by atoms with Gasteiger partial charge >= 0.3 is 0 Å². The summed E-state index contributed by atoms with van der Waals surface area (Å²) in [6.45, 7) is 6.81. The molecule has 1 aliphatic carbocycles. The van der Waals surface area contributed by atoms with E-state index in [0.29, 0.717) is 6.54 Å². The lowest BCUT2D eigenvalue weighted by atomic mass is 9.85. The van der Waals surface area contributed by atoms with Gasteiger partial charge in [0, 0.05) is 12.0 Å². The SMILES string of the molecule is Cc1cccc(F)c1C1(CN)CC1(C)C. The van der Waals surface area contributed by atoms with Crippen LogP contribution in [0.25, 0.3) is 0 Å². The fourth-order valence-corrected chi connectivity index (χ4v) is 2.83. The number of aryl methyl sites for hydroxylation is 1. The minimum absolute atomic E-state index is 0.106. The highest BCUT2D eigenvalue weighted by Crippen LogP contribution is 2.64. The van der Waals surface area contributed by atoms with Gasteiger partial charge in [-0.3, -0.25) is 0 Å². The highest BCUT2D eigenvalue weighted by atomic mass is 19.1. The van der Waals surface area contributed by atoms with Crippen molar-refractivity contribution in [1.82, 2.24) is 0 Å². The number of benzene rings is 1. The first kappa shape index (κ1) is 10.6. The van der Waals surface area contributed by atoms with Crippen molar-refractivity contribution in [2.75, 3.05) is 6.54 Å². The molecule has 2 rings (SSSR count). The molecule has 2 N–H and O–H groups in total. The van der Waals surface area contributed by atoms with E-state index in [-0.39, 0.29) is 16.6 Å². The van der Waals surface area contributed by atoms with Crippen LogP contribution in [0.4, 0.5) is 4.39 Å². The van der Waals surface area contributed by atoms with E-state index in [1.54, 1.807) is 6.07 Å². The molecule has 0 spiro atoms. The van der Waals surface area contributed by atoms with Gasteiger partial charge < -0.3 is 5.73 Å². The summed E-state index contributed by atoms with van der Waals surface area (Å²) in [7, 11) is 0. The molecule has 1 aliphatic rings. The summed E-state index contributed by atoms with van der Waals surface area (Å²) >= 11 is 0. The Bertz CT molecular complexity index is 377. The standard InChI is InChI=1S/C13H18FN/c1-9-5-4-6-10(14)11(9)13(8-15)7-12(13,2)3/h4-6H,7-8,15H2,1-3H3. The topological polar surface area (TPSA) is 26.0 Å². The predicted octanol–water partition coefficient (Wildman–Crippen LogP) is 2.76. The summed E-state index contributed by atoms with van der Waals surface area (Å²) in [6.07, 6.45) is 0.984. The van der Waals surface area contributed by atoms with Crippen molar-refractivity contribution in [2.45, 2.75) is 32.6 Å². The summed E-state index contributed by atoms with van der Waals surface area (Å²) in [5.74, 6) is -0.106. The first-order valence-electron chi connectivity index (χ1n) is 5.40. The summed E-state index contributed by atoms with van der Waals surface area (Å²) in [5.41, 5.74) is 7.70. The largest absolute Gasteiger partial charge is 0.330 e. The summed E-state index contributed by atoms with van der Waals surface area (Å²) in [4.78, 5) is 0. The lowest BCUT2D eigenvalue weighted by Crippen LogP contribution is -2.27. The van der Waals surface area contributed by atoms with Gasteiger partial charge in [-0.2, -0.15) is 0 Å². The summed E-state index contributed by atoms with van der Waals surface area (Å²) in [5, 5.41) is 0. The second-order valence-electron chi connectivity index (χ2n) is 5.28. The molecule has 1 fully saturated rings. The number of hydrogen-bond donors (Lipinski definition) is 1. The normalized spacial score (nSPS) is 27.8. The molecule has 0 radical (unpaired) electrons. The molecule has 0 bridgehead atoms. The molecule has 0 aromatic heterocycles. The average molecular weight is 207 g/mol. The zero-order valence-electron chi connectivity index (χ0n) is 9.60. The van der Waals surface area contributed by atoms with E-state index in [4.69, 9.17) is 5.73 Å².